The number of carbonyl (C=O) groups excluding carboxylic acids is 2. The highest BCUT2D eigenvalue weighted by Gasteiger charge is 2.09. The van der Waals surface area contributed by atoms with Crippen molar-refractivity contribution in [1.82, 2.24) is 20.8 Å². The molecule has 0 unspecified atom stereocenters. The quantitative estimate of drug-likeness (QED) is 0.826. The maximum atomic E-state index is 11.9. The first-order valence-electron chi connectivity index (χ1n) is 6.62. The van der Waals surface area contributed by atoms with Crippen LogP contribution in [0.25, 0.3) is 11.5 Å². The number of rotatable bonds is 6. The molecule has 2 rings (SSSR count). The number of benzene rings is 1. The fraction of sp³-hybridized carbons (Fsp3) is 0.286. The number of hydrogen-bond donors (Lipinski definition) is 2. The molecule has 110 valence electrons. The van der Waals surface area contributed by atoms with Crippen molar-refractivity contribution in [3.05, 3.63) is 36.2 Å². The molecule has 0 aliphatic heterocycles. The summed E-state index contributed by atoms with van der Waals surface area (Å²) in [5, 5.41) is 12.6. The molecule has 0 bridgehead atoms. The molecule has 1 aromatic carbocycles. The largest absolute Gasteiger partial charge is 0.423 e. The Labute approximate surface area is 121 Å². The Bertz CT molecular complexity index is 593. The van der Waals surface area contributed by atoms with E-state index in [9.17, 15) is 9.59 Å². The van der Waals surface area contributed by atoms with Gasteiger partial charge in [-0.1, -0.05) is 6.92 Å². The molecule has 7 nitrogen and oxygen atoms in total. The molecule has 2 amide bonds. The van der Waals surface area contributed by atoms with Crippen molar-refractivity contribution in [3.63, 3.8) is 0 Å². The van der Waals surface area contributed by atoms with Crippen LogP contribution in [0.2, 0.25) is 0 Å². The van der Waals surface area contributed by atoms with Gasteiger partial charge in [0.2, 0.25) is 18.2 Å². The second kappa shape index (κ2) is 7.18. The minimum atomic E-state index is -0.307. The van der Waals surface area contributed by atoms with Crippen molar-refractivity contribution in [3.8, 4) is 11.5 Å². The highest BCUT2D eigenvalue weighted by molar-refractivity contribution is 5.96. The summed E-state index contributed by atoms with van der Waals surface area (Å²) in [6, 6.07) is 6.69. The molecule has 7 heteroatoms. The van der Waals surface area contributed by atoms with Gasteiger partial charge in [0.05, 0.1) is 6.54 Å². The summed E-state index contributed by atoms with van der Waals surface area (Å²) >= 11 is 0. The zero-order valence-corrected chi connectivity index (χ0v) is 11.6. The molecule has 2 aromatic rings. The molecule has 0 spiro atoms. The van der Waals surface area contributed by atoms with E-state index in [4.69, 9.17) is 4.42 Å². The summed E-state index contributed by atoms with van der Waals surface area (Å²) in [7, 11) is 0. The van der Waals surface area contributed by atoms with Crippen LogP contribution in [0.4, 0.5) is 0 Å². The normalized spacial score (nSPS) is 10.1. The minimum absolute atomic E-state index is 0.0375. The number of hydrogen-bond acceptors (Lipinski definition) is 5. The number of carbonyl (C=O) groups is 2. The Hall–Kier alpha value is -2.70. The molecule has 0 saturated carbocycles. The molecule has 0 saturated heterocycles. The van der Waals surface area contributed by atoms with Gasteiger partial charge < -0.3 is 15.1 Å². The van der Waals surface area contributed by atoms with E-state index >= 15 is 0 Å². The molecule has 0 fully saturated rings. The van der Waals surface area contributed by atoms with E-state index < -0.39 is 0 Å². The SMILES string of the molecule is CCCNC(=O)CNC(=O)c1ccc(-c2nnco2)cc1. The van der Waals surface area contributed by atoms with Gasteiger partial charge >= 0.3 is 0 Å². The standard InChI is InChI=1S/C14H16N4O3/c1-2-7-15-12(19)8-16-13(20)10-3-5-11(6-4-10)14-18-17-9-21-14/h3-6,9H,2,7-8H2,1H3,(H,15,19)(H,16,20). The van der Waals surface area contributed by atoms with Crippen LogP contribution in [-0.4, -0.2) is 35.1 Å². The van der Waals surface area contributed by atoms with Gasteiger partial charge in [-0.05, 0) is 30.7 Å². The van der Waals surface area contributed by atoms with Crippen molar-refractivity contribution in [2.45, 2.75) is 13.3 Å². The van der Waals surface area contributed by atoms with Crippen molar-refractivity contribution >= 4 is 11.8 Å². The van der Waals surface area contributed by atoms with Crippen LogP contribution in [0, 0.1) is 0 Å². The zero-order valence-electron chi connectivity index (χ0n) is 11.6. The van der Waals surface area contributed by atoms with Crippen molar-refractivity contribution in [2.75, 3.05) is 13.1 Å². The third kappa shape index (κ3) is 4.13. The lowest BCUT2D eigenvalue weighted by Gasteiger charge is -2.06. The van der Waals surface area contributed by atoms with Gasteiger partial charge in [0.15, 0.2) is 0 Å². The molecular weight excluding hydrogens is 272 g/mol. The van der Waals surface area contributed by atoms with Gasteiger partial charge in [0.1, 0.15) is 0 Å². The second-order valence-corrected chi connectivity index (χ2v) is 4.35. The highest BCUT2D eigenvalue weighted by Crippen LogP contribution is 2.16. The Morgan fingerprint density at radius 2 is 1.95 bits per heavy atom. The van der Waals surface area contributed by atoms with Crippen LogP contribution in [0.1, 0.15) is 23.7 Å². The Morgan fingerprint density at radius 3 is 2.57 bits per heavy atom. The minimum Gasteiger partial charge on any atom is -0.423 e. The number of nitrogens with one attached hydrogen (secondary N) is 2. The van der Waals surface area contributed by atoms with E-state index in [0.29, 0.717) is 18.0 Å². The third-order valence-electron chi connectivity index (χ3n) is 2.74. The van der Waals surface area contributed by atoms with E-state index in [0.717, 1.165) is 12.0 Å². The van der Waals surface area contributed by atoms with Crippen molar-refractivity contribution < 1.29 is 14.0 Å². The van der Waals surface area contributed by atoms with E-state index in [1.807, 2.05) is 6.92 Å². The number of amides is 2. The first-order chi connectivity index (χ1) is 10.2. The molecule has 21 heavy (non-hydrogen) atoms. The van der Waals surface area contributed by atoms with E-state index in [1.54, 1.807) is 24.3 Å². The maximum absolute atomic E-state index is 11.9. The lowest BCUT2D eigenvalue weighted by atomic mass is 10.1. The first kappa shape index (κ1) is 14.7. The van der Waals surface area contributed by atoms with Gasteiger partial charge in [-0.15, -0.1) is 10.2 Å². The zero-order chi connectivity index (χ0) is 15.1. The topological polar surface area (TPSA) is 97.1 Å². The Balaban J connectivity index is 1.90. The average molecular weight is 288 g/mol. The monoisotopic (exact) mass is 288 g/mol. The van der Waals surface area contributed by atoms with Crippen molar-refractivity contribution in [1.29, 1.82) is 0 Å². The van der Waals surface area contributed by atoms with Crippen LogP contribution in [0.15, 0.2) is 35.1 Å². The summed E-state index contributed by atoms with van der Waals surface area (Å²) < 4.78 is 5.06. The maximum Gasteiger partial charge on any atom is 0.251 e. The molecule has 0 aliphatic carbocycles. The van der Waals surface area contributed by atoms with E-state index in [1.165, 1.54) is 6.39 Å². The van der Waals surface area contributed by atoms with Crippen LogP contribution in [-0.2, 0) is 4.79 Å². The van der Waals surface area contributed by atoms with Gasteiger partial charge in [0, 0.05) is 17.7 Å². The molecule has 1 heterocycles. The molecule has 0 aliphatic rings. The smallest absolute Gasteiger partial charge is 0.251 e. The lowest BCUT2D eigenvalue weighted by Crippen LogP contribution is -2.37. The Morgan fingerprint density at radius 1 is 1.19 bits per heavy atom. The number of aromatic nitrogens is 2. The summed E-state index contributed by atoms with van der Waals surface area (Å²) in [6.45, 7) is 2.53. The van der Waals surface area contributed by atoms with Crippen molar-refractivity contribution in [2.24, 2.45) is 0 Å². The van der Waals surface area contributed by atoms with Gasteiger partial charge in [0.25, 0.3) is 5.91 Å². The predicted octanol–water partition coefficient (Wildman–Crippen LogP) is 0.993. The summed E-state index contributed by atoms with van der Waals surface area (Å²) in [5.74, 6) is -0.118. The fourth-order valence-electron chi connectivity index (χ4n) is 1.65. The van der Waals surface area contributed by atoms with Crippen LogP contribution < -0.4 is 10.6 Å². The predicted molar refractivity (Wildman–Crippen MR) is 75.4 cm³/mol. The Kier molecular flexibility index (Phi) is 5.03. The van der Waals surface area contributed by atoms with Gasteiger partial charge in [-0.2, -0.15) is 0 Å². The average Bonchev–Trinajstić information content (AvgIpc) is 3.05. The van der Waals surface area contributed by atoms with Gasteiger partial charge in [-0.3, -0.25) is 9.59 Å². The fourth-order valence-corrected chi connectivity index (χ4v) is 1.65. The molecule has 2 N–H and O–H groups in total. The molecular formula is C14H16N4O3. The molecule has 0 atom stereocenters. The lowest BCUT2D eigenvalue weighted by molar-refractivity contribution is -0.120. The van der Waals surface area contributed by atoms with E-state index in [-0.39, 0.29) is 18.4 Å². The van der Waals surface area contributed by atoms with E-state index in [2.05, 4.69) is 20.8 Å². The highest BCUT2D eigenvalue weighted by atomic mass is 16.4. The van der Waals surface area contributed by atoms with Crippen LogP contribution in [0.3, 0.4) is 0 Å². The summed E-state index contributed by atoms with van der Waals surface area (Å²) in [5.41, 5.74) is 1.19. The summed E-state index contributed by atoms with van der Waals surface area (Å²) in [4.78, 5) is 23.3. The first-order valence-corrected chi connectivity index (χ1v) is 6.62. The molecule has 0 radical (unpaired) electrons. The second-order valence-electron chi connectivity index (χ2n) is 4.35. The summed E-state index contributed by atoms with van der Waals surface area (Å²) in [6.07, 6.45) is 2.10. The van der Waals surface area contributed by atoms with Gasteiger partial charge in [-0.25, -0.2) is 0 Å². The number of nitrogens with zero attached hydrogens (tertiary/aromatic N) is 2. The third-order valence-corrected chi connectivity index (χ3v) is 2.74. The van der Waals surface area contributed by atoms with Crippen LogP contribution in [0.5, 0.6) is 0 Å². The van der Waals surface area contributed by atoms with Crippen LogP contribution >= 0.6 is 0 Å². The molecule has 1 aromatic heterocycles.